The van der Waals surface area contributed by atoms with E-state index < -0.39 is 31.4 Å². The van der Waals surface area contributed by atoms with Crippen molar-refractivity contribution in [1.82, 2.24) is 0 Å². The Morgan fingerprint density at radius 1 is 1.42 bits per heavy atom. The fourth-order valence-electron chi connectivity index (χ4n) is 2.23. The predicted octanol–water partition coefficient (Wildman–Crippen LogP) is -0.801. The Morgan fingerprint density at radius 2 is 2.11 bits per heavy atom. The molecular weight excluding hydrogens is 251 g/mol. The Kier molecular flexibility index (Phi) is 4.21. The van der Waals surface area contributed by atoms with Crippen LogP contribution < -0.4 is 5.46 Å². The van der Waals surface area contributed by atoms with Gasteiger partial charge in [-0.2, -0.15) is 0 Å². The van der Waals surface area contributed by atoms with E-state index in [9.17, 15) is 14.9 Å². The van der Waals surface area contributed by atoms with E-state index in [2.05, 4.69) is 4.74 Å². The van der Waals surface area contributed by atoms with Gasteiger partial charge in [-0.3, -0.25) is 4.79 Å². The molecule has 1 aliphatic rings. The van der Waals surface area contributed by atoms with Crippen LogP contribution >= 0.6 is 0 Å². The lowest BCUT2D eigenvalue weighted by Crippen LogP contribution is -2.36. The average molecular weight is 266 g/mol. The monoisotopic (exact) mass is 266 g/mol. The van der Waals surface area contributed by atoms with Crippen molar-refractivity contribution in [2.24, 2.45) is 5.92 Å². The molecule has 1 aliphatic heterocycles. The Bertz CT molecular complexity index is 465. The van der Waals surface area contributed by atoms with Gasteiger partial charge in [0.05, 0.1) is 13.2 Å². The molecule has 0 bridgehead atoms. The third-order valence-corrected chi connectivity index (χ3v) is 3.19. The minimum absolute atomic E-state index is 0.574. The van der Waals surface area contributed by atoms with Gasteiger partial charge in [-0.25, -0.2) is 0 Å². The lowest BCUT2D eigenvalue weighted by Gasteiger charge is -2.25. The van der Waals surface area contributed by atoms with Crippen LogP contribution in [-0.4, -0.2) is 43.7 Å². The van der Waals surface area contributed by atoms with Gasteiger partial charge in [-0.05, 0) is 11.0 Å². The van der Waals surface area contributed by atoms with Crippen molar-refractivity contribution in [1.29, 1.82) is 0 Å². The number of fused-ring (bicyclic) bond motifs is 1. The second-order valence-electron chi connectivity index (χ2n) is 4.21. The normalized spacial score (nSPS) is 20.8. The Hall–Kier alpha value is -1.41. The van der Waals surface area contributed by atoms with Crippen molar-refractivity contribution < 1.29 is 29.1 Å². The lowest BCUT2D eigenvalue weighted by molar-refractivity contribution is -0.178. The molecule has 7 heteroatoms. The second kappa shape index (κ2) is 5.71. The molecule has 0 radical (unpaired) electrons. The molecule has 1 aromatic rings. The summed E-state index contributed by atoms with van der Waals surface area (Å²) in [5, 5.41) is 19.6. The molecule has 102 valence electrons. The maximum absolute atomic E-state index is 11.8. The van der Waals surface area contributed by atoms with Crippen LogP contribution in [0.1, 0.15) is 11.7 Å². The van der Waals surface area contributed by atoms with Crippen LogP contribution in [0.3, 0.4) is 0 Å². The fraction of sp³-hybridized carbons (Fsp3) is 0.417. The first-order chi connectivity index (χ1) is 9.10. The molecule has 0 fully saturated rings. The third kappa shape index (κ3) is 2.50. The highest BCUT2D eigenvalue weighted by Gasteiger charge is 2.45. The molecule has 6 nitrogen and oxygen atoms in total. The highest BCUT2D eigenvalue weighted by Crippen LogP contribution is 2.33. The number of methoxy groups -OCH3 is 2. The summed E-state index contributed by atoms with van der Waals surface area (Å²) in [6.45, 7) is 0. The first kappa shape index (κ1) is 14.0. The van der Waals surface area contributed by atoms with Gasteiger partial charge in [0.15, 0.2) is 6.29 Å². The molecule has 0 aliphatic carbocycles. The van der Waals surface area contributed by atoms with Crippen LogP contribution in [0.4, 0.5) is 0 Å². The minimum atomic E-state index is -1.38. The molecule has 1 aromatic carbocycles. The number of benzene rings is 1. The smallest absolute Gasteiger partial charge is 0.469 e. The Morgan fingerprint density at radius 3 is 2.74 bits per heavy atom. The van der Waals surface area contributed by atoms with Crippen LogP contribution in [0.2, 0.25) is 0 Å². The second-order valence-corrected chi connectivity index (χ2v) is 4.21. The average Bonchev–Trinajstić information content (AvgIpc) is 2.76. The number of ether oxygens (including phenoxy) is 2. The van der Waals surface area contributed by atoms with E-state index in [0.717, 1.165) is 0 Å². The van der Waals surface area contributed by atoms with Gasteiger partial charge < -0.3 is 24.3 Å². The standard InChI is InChI=1S/C12H15BO6/c1-17-11(14)9(12(15)18-2)10-7-5-3-4-6-8(7)13(16)19-10/h3-6,9-11,14,16H,1-2H3. The molecule has 0 amide bonds. The van der Waals surface area contributed by atoms with E-state index in [-0.39, 0.29) is 0 Å². The van der Waals surface area contributed by atoms with Gasteiger partial charge in [0.2, 0.25) is 0 Å². The summed E-state index contributed by atoms with van der Waals surface area (Å²) >= 11 is 0. The number of hydrogen-bond donors (Lipinski definition) is 2. The first-order valence-electron chi connectivity index (χ1n) is 5.81. The van der Waals surface area contributed by atoms with Crippen LogP contribution in [0.25, 0.3) is 0 Å². The number of aliphatic hydroxyl groups excluding tert-OH is 1. The number of rotatable bonds is 4. The van der Waals surface area contributed by atoms with Crippen molar-refractivity contribution in [3.05, 3.63) is 29.8 Å². The Balaban J connectivity index is 2.37. The molecule has 19 heavy (non-hydrogen) atoms. The quantitative estimate of drug-likeness (QED) is 0.421. The SMILES string of the molecule is COC(=O)C(C(O)OC)C1OB(O)c2ccccc21. The lowest BCUT2D eigenvalue weighted by atomic mass is 9.79. The van der Waals surface area contributed by atoms with Gasteiger partial charge >= 0.3 is 13.1 Å². The summed E-state index contributed by atoms with van der Waals surface area (Å²) in [5.74, 6) is -1.73. The van der Waals surface area contributed by atoms with Crippen molar-refractivity contribution in [2.75, 3.05) is 14.2 Å². The number of carbonyl (C=O) groups excluding carboxylic acids is 1. The summed E-state index contributed by atoms with van der Waals surface area (Å²) in [6.07, 6.45) is -2.19. The minimum Gasteiger partial charge on any atom is -0.469 e. The van der Waals surface area contributed by atoms with Crippen LogP contribution in [-0.2, 0) is 18.9 Å². The fourth-order valence-corrected chi connectivity index (χ4v) is 2.23. The highest BCUT2D eigenvalue weighted by molar-refractivity contribution is 6.61. The topological polar surface area (TPSA) is 85.2 Å². The van der Waals surface area contributed by atoms with Gasteiger partial charge in [0.25, 0.3) is 0 Å². The van der Waals surface area contributed by atoms with Crippen molar-refractivity contribution in [2.45, 2.75) is 12.4 Å². The molecule has 0 saturated carbocycles. The number of carbonyl (C=O) groups is 1. The molecule has 0 saturated heterocycles. The number of aliphatic hydroxyl groups is 1. The van der Waals surface area contributed by atoms with Crippen LogP contribution in [0, 0.1) is 5.92 Å². The van der Waals surface area contributed by atoms with Crippen LogP contribution in [0.5, 0.6) is 0 Å². The van der Waals surface area contributed by atoms with E-state index in [1.54, 1.807) is 24.3 Å². The predicted molar refractivity (Wildman–Crippen MR) is 66.4 cm³/mol. The van der Waals surface area contributed by atoms with E-state index in [0.29, 0.717) is 11.0 Å². The van der Waals surface area contributed by atoms with Crippen molar-refractivity contribution in [3.63, 3.8) is 0 Å². The molecule has 3 unspecified atom stereocenters. The van der Waals surface area contributed by atoms with Crippen molar-refractivity contribution >= 4 is 18.6 Å². The third-order valence-electron chi connectivity index (χ3n) is 3.19. The molecule has 0 spiro atoms. The zero-order valence-corrected chi connectivity index (χ0v) is 10.6. The van der Waals surface area contributed by atoms with E-state index in [4.69, 9.17) is 9.39 Å². The van der Waals surface area contributed by atoms with Gasteiger partial charge in [0, 0.05) is 7.11 Å². The molecule has 2 rings (SSSR count). The first-order valence-corrected chi connectivity index (χ1v) is 5.81. The molecular formula is C12H15BO6. The summed E-state index contributed by atoms with van der Waals surface area (Å²) in [5.41, 5.74) is 1.21. The van der Waals surface area contributed by atoms with Gasteiger partial charge in [0.1, 0.15) is 5.92 Å². The molecule has 3 atom stereocenters. The molecule has 2 N–H and O–H groups in total. The van der Waals surface area contributed by atoms with Crippen molar-refractivity contribution in [3.8, 4) is 0 Å². The molecule has 0 aromatic heterocycles. The van der Waals surface area contributed by atoms with Crippen LogP contribution in [0.15, 0.2) is 24.3 Å². The maximum atomic E-state index is 11.8. The summed E-state index contributed by atoms with van der Waals surface area (Å²) in [4.78, 5) is 11.8. The van der Waals surface area contributed by atoms with Gasteiger partial charge in [-0.1, -0.05) is 24.3 Å². The zero-order valence-electron chi connectivity index (χ0n) is 10.6. The zero-order chi connectivity index (χ0) is 14.0. The summed E-state index contributed by atoms with van der Waals surface area (Å²) in [7, 11) is 1.37. The largest absolute Gasteiger partial charge is 0.492 e. The van der Waals surface area contributed by atoms with E-state index in [1.165, 1.54) is 14.2 Å². The van der Waals surface area contributed by atoms with E-state index >= 15 is 0 Å². The molecule has 1 heterocycles. The highest BCUT2D eigenvalue weighted by atomic mass is 16.6. The number of esters is 1. The number of hydrogen-bond acceptors (Lipinski definition) is 6. The summed E-state index contributed by atoms with van der Waals surface area (Å²) in [6, 6.07) is 6.95. The maximum Gasteiger partial charge on any atom is 0.492 e. The summed E-state index contributed by atoms with van der Waals surface area (Å²) < 4.78 is 14.8. The Labute approximate surface area is 111 Å². The van der Waals surface area contributed by atoms with Gasteiger partial charge in [-0.15, -0.1) is 0 Å². The van der Waals surface area contributed by atoms with E-state index in [1.807, 2.05) is 0 Å².